The van der Waals surface area contributed by atoms with Crippen LogP contribution in [0, 0.1) is 29.1 Å². The molecule has 0 amide bonds. The zero-order valence-electron chi connectivity index (χ0n) is 36.8. The highest BCUT2D eigenvalue weighted by Crippen LogP contribution is 2.48. The lowest BCUT2D eigenvalue weighted by Crippen LogP contribution is -2.13. The molecule has 4 nitrogen and oxygen atoms in total. The first-order valence-corrected chi connectivity index (χ1v) is 22.3. The van der Waals surface area contributed by atoms with Gasteiger partial charge in [0.2, 0.25) is 5.82 Å². The molecule has 0 N–H and O–H groups in total. The second kappa shape index (κ2) is 16.7. The quantitative estimate of drug-likeness (QED) is 0.0907. The molecule has 71 heavy (non-hydrogen) atoms. The number of rotatable bonds is 7. The van der Waals surface area contributed by atoms with Gasteiger partial charge in [0, 0.05) is 61.8 Å². The first kappa shape index (κ1) is 43.4. The third kappa shape index (κ3) is 7.12. The molecule has 0 unspecified atom stereocenters. The molecule has 4 heterocycles. The van der Waals surface area contributed by atoms with E-state index in [-0.39, 0.29) is 11.0 Å². The Morgan fingerprint density at radius 1 is 0.324 bits per heavy atom. The van der Waals surface area contributed by atoms with Crippen LogP contribution in [0.5, 0.6) is 0 Å². The number of fused-ring (bicyclic) bond motifs is 6. The Kier molecular flexibility index (Phi) is 10.2. The summed E-state index contributed by atoms with van der Waals surface area (Å²) in [4.78, 5) is 9.35. The lowest BCUT2D eigenvalue weighted by atomic mass is 9.96. The zero-order valence-corrected chi connectivity index (χ0v) is 36.8. The second-order valence-electron chi connectivity index (χ2n) is 17.1. The maximum atomic E-state index is 16.8. The van der Waals surface area contributed by atoms with Crippen molar-refractivity contribution in [1.82, 2.24) is 19.1 Å². The molecule has 0 saturated carbocycles. The number of nitrogens with zero attached hydrogens (tertiary/aromatic N) is 4. The fourth-order valence-electron chi connectivity index (χ4n) is 9.72. The predicted molar refractivity (Wildman–Crippen MR) is 263 cm³/mol. The highest BCUT2D eigenvalue weighted by molar-refractivity contribution is 6.13. The van der Waals surface area contributed by atoms with Gasteiger partial charge in [-0.05, 0) is 59.7 Å². The summed E-state index contributed by atoms with van der Waals surface area (Å²) in [5.41, 5.74) is 2.40. The van der Waals surface area contributed by atoms with E-state index in [4.69, 9.17) is 0 Å². The van der Waals surface area contributed by atoms with Crippen molar-refractivity contribution in [2.75, 3.05) is 0 Å². The molecule has 344 valence electrons. The molecule has 12 heteroatoms. The SMILES string of the molecule is Fc1c(F)c(F)c(-c2c(-n3c4ccccc4c4ccc(-c5ccc(-c6ccccc6)nc5)cc43)cc(C(F)(F)F)cc2-n2c3ccccc3c3ccc(-c4ccc(-c5ccccc5)nc4)cc32)c(F)c1F. The average Bonchev–Trinajstić information content (AvgIpc) is 3.92. The molecule has 12 aromatic rings. The van der Waals surface area contributed by atoms with E-state index in [1.807, 2.05) is 97.1 Å². The Balaban J connectivity index is 1.18. The van der Waals surface area contributed by atoms with Gasteiger partial charge in [-0.2, -0.15) is 13.2 Å². The van der Waals surface area contributed by atoms with Crippen LogP contribution in [0.25, 0.3) is 111 Å². The Bertz CT molecular complexity index is 3820. The van der Waals surface area contributed by atoms with Gasteiger partial charge in [0.1, 0.15) is 0 Å². The van der Waals surface area contributed by atoms with E-state index in [1.165, 1.54) is 9.13 Å². The topological polar surface area (TPSA) is 35.6 Å². The predicted octanol–water partition coefficient (Wildman–Crippen LogP) is 16.7. The number of aromatic nitrogens is 4. The molecule has 0 atom stereocenters. The van der Waals surface area contributed by atoms with Gasteiger partial charge in [-0.25, -0.2) is 22.0 Å². The maximum Gasteiger partial charge on any atom is 0.416 e. The molecule has 0 radical (unpaired) electrons. The molecule has 0 aliphatic rings. The van der Waals surface area contributed by atoms with Crippen LogP contribution >= 0.6 is 0 Å². The minimum atomic E-state index is -5.09. The average molecular weight is 949 g/mol. The summed E-state index contributed by atoms with van der Waals surface area (Å²) in [5.74, 6) is -11.4. The van der Waals surface area contributed by atoms with Crippen molar-refractivity contribution < 1.29 is 35.1 Å². The fourth-order valence-corrected chi connectivity index (χ4v) is 9.72. The van der Waals surface area contributed by atoms with Crippen LogP contribution in [0.2, 0.25) is 0 Å². The van der Waals surface area contributed by atoms with E-state index in [9.17, 15) is 0 Å². The van der Waals surface area contributed by atoms with Crippen molar-refractivity contribution in [3.8, 4) is 67.3 Å². The monoisotopic (exact) mass is 948 g/mol. The lowest BCUT2D eigenvalue weighted by Gasteiger charge is -2.23. The Hall–Kier alpha value is -8.90. The summed E-state index contributed by atoms with van der Waals surface area (Å²) in [6.45, 7) is 0. The first-order valence-electron chi connectivity index (χ1n) is 22.3. The summed E-state index contributed by atoms with van der Waals surface area (Å²) in [6.07, 6.45) is -1.78. The van der Waals surface area contributed by atoms with Gasteiger partial charge in [0.05, 0.1) is 56.0 Å². The van der Waals surface area contributed by atoms with Crippen LogP contribution in [-0.2, 0) is 6.18 Å². The first-order chi connectivity index (χ1) is 34.4. The van der Waals surface area contributed by atoms with Crippen LogP contribution in [0.4, 0.5) is 35.1 Å². The van der Waals surface area contributed by atoms with Gasteiger partial charge < -0.3 is 9.13 Å². The normalized spacial score (nSPS) is 11.9. The Labute approximate surface area is 399 Å². The molecule has 8 aromatic carbocycles. The highest BCUT2D eigenvalue weighted by atomic mass is 19.4. The second-order valence-corrected chi connectivity index (χ2v) is 17.1. The van der Waals surface area contributed by atoms with Gasteiger partial charge in [0.25, 0.3) is 0 Å². The van der Waals surface area contributed by atoms with Crippen LogP contribution in [0.1, 0.15) is 5.56 Å². The minimum Gasteiger partial charge on any atom is -0.308 e. The van der Waals surface area contributed by atoms with E-state index >= 15 is 35.1 Å². The number of pyridine rings is 2. The van der Waals surface area contributed by atoms with Gasteiger partial charge in [0.15, 0.2) is 23.3 Å². The molecule has 4 aromatic heterocycles. The molecular weight excluding hydrogens is 917 g/mol. The summed E-state index contributed by atoms with van der Waals surface area (Å²) < 4.78 is 130. The smallest absolute Gasteiger partial charge is 0.308 e. The molecule has 0 aliphatic heterocycles. The molecular formula is C59H32F8N4. The highest BCUT2D eigenvalue weighted by Gasteiger charge is 2.37. The van der Waals surface area contributed by atoms with Crippen molar-refractivity contribution in [2.24, 2.45) is 0 Å². The summed E-state index contributed by atoms with van der Waals surface area (Å²) in [7, 11) is 0. The van der Waals surface area contributed by atoms with Crippen LogP contribution in [0.15, 0.2) is 194 Å². The maximum absolute atomic E-state index is 16.8. The third-order valence-electron chi connectivity index (χ3n) is 13.0. The number of benzene rings is 8. The number of para-hydroxylation sites is 2. The number of hydrogen-bond acceptors (Lipinski definition) is 2. The van der Waals surface area contributed by atoms with Crippen LogP contribution < -0.4 is 0 Å². The van der Waals surface area contributed by atoms with Crippen LogP contribution in [-0.4, -0.2) is 19.1 Å². The lowest BCUT2D eigenvalue weighted by molar-refractivity contribution is -0.137. The van der Waals surface area contributed by atoms with Gasteiger partial charge in [-0.3, -0.25) is 9.97 Å². The molecule has 0 spiro atoms. The number of halogens is 8. The van der Waals surface area contributed by atoms with E-state index < -0.39 is 63.3 Å². The van der Waals surface area contributed by atoms with Crippen molar-refractivity contribution >= 4 is 43.6 Å². The molecule has 0 fully saturated rings. The molecule has 0 saturated heterocycles. The van der Waals surface area contributed by atoms with E-state index in [1.54, 1.807) is 85.2 Å². The Morgan fingerprint density at radius 2 is 0.704 bits per heavy atom. The number of hydrogen-bond donors (Lipinski definition) is 0. The van der Waals surface area contributed by atoms with E-state index in [0.717, 1.165) is 11.1 Å². The minimum absolute atomic E-state index is 0.280. The standard InChI is InChI=1S/C59H32F8N4/c60-54-53(55(61)57(63)58(64)56(54)62)52-50(70-46-17-9-7-15-40(46)42-23-19-35(27-48(42)70)37-21-25-44(68-31-37)33-11-3-1-4-12-33)29-39(59(65,66)67)30-51(52)71-47-18-10-8-16-41(47)43-24-20-36(28-49(43)71)38-22-26-45(69-32-38)34-13-5-2-6-14-34/h1-32H. The van der Waals surface area contributed by atoms with E-state index in [0.29, 0.717) is 78.4 Å². The zero-order chi connectivity index (χ0) is 48.7. The summed E-state index contributed by atoms with van der Waals surface area (Å²) in [6, 6.07) is 51.8. The molecule has 0 bridgehead atoms. The van der Waals surface area contributed by atoms with Crippen molar-refractivity contribution in [3.05, 3.63) is 229 Å². The van der Waals surface area contributed by atoms with Gasteiger partial charge >= 0.3 is 6.18 Å². The van der Waals surface area contributed by atoms with Crippen LogP contribution in [0.3, 0.4) is 0 Å². The molecule has 12 rings (SSSR count). The fraction of sp³-hybridized carbons (Fsp3) is 0.0169. The van der Waals surface area contributed by atoms with Crippen molar-refractivity contribution in [3.63, 3.8) is 0 Å². The van der Waals surface area contributed by atoms with E-state index in [2.05, 4.69) is 9.97 Å². The van der Waals surface area contributed by atoms with Gasteiger partial charge in [-0.1, -0.05) is 133 Å². The molecule has 0 aliphatic carbocycles. The van der Waals surface area contributed by atoms with Crippen molar-refractivity contribution in [2.45, 2.75) is 6.18 Å². The number of alkyl halides is 3. The van der Waals surface area contributed by atoms with Crippen molar-refractivity contribution in [1.29, 1.82) is 0 Å². The summed E-state index contributed by atoms with van der Waals surface area (Å²) in [5, 5.41) is 2.16. The summed E-state index contributed by atoms with van der Waals surface area (Å²) >= 11 is 0. The third-order valence-corrected chi connectivity index (χ3v) is 13.0. The largest absolute Gasteiger partial charge is 0.416 e. The Morgan fingerprint density at radius 3 is 1.11 bits per heavy atom. The van der Waals surface area contributed by atoms with Gasteiger partial charge in [-0.15, -0.1) is 0 Å².